The highest BCUT2D eigenvalue weighted by molar-refractivity contribution is 6.04. The molecule has 0 aromatic heterocycles. The second-order valence-corrected chi connectivity index (χ2v) is 12.8. The molecule has 0 heterocycles. The van der Waals surface area contributed by atoms with Crippen molar-refractivity contribution < 1.29 is 41.4 Å². The predicted molar refractivity (Wildman–Crippen MR) is 154 cm³/mol. The third kappa shape index (κ3) is 4.59. The smallest absolute Gasteiger partial charge is 0.456 e. The number of anilines is 1. The SMILES string of the molecule is COc1cccc(NC(=O)c2ccc([C@H]3CC4(C)[C@@H](CC[C@@]4(O)C(F)(F)C(F)(F)F)C4CCC5=CC(=O)CCC5=C43)cc2)c1. The summed E-state index contributed by atoms with van der Waals surface area (Å²) < 4.78 is 76.9. The third-order valence-electron chi connectivity index (χ3n) is 10.7. The first kappa shape index (κ1) is 30.5. The Kier molecular flexibility index (Phi) is 7.30. The molecule has 5 nitrogen and oxygen atoms in total. The van der Waals surface area contributed by atoms with E-state index in [1.54, 1.807) is 54.6 Å². The van der Waals surface area contributed by atoms with Crippen LogP contribution in [0.25, 0.3) is 0 Å². The maximum atomic E-state index is 15.2. The first-order valence-corrected chi connectivity index (χ1v) is 14.9. The molecule has 0 bridgehead atoms. The minimum Gasteiger partial charge on any atom is -0.497 e. The molecule has 0 saturated heterocycles. The minimum atomic E-state index is -5.90. The van der Waals surface area contributed by atoms with E-state index in [0.29, 0.717) is 48.2 Å². The Morgan fingerprint density at radius 1 is 1.02 bits per heavy atom. The van der Waals surface area contributed by atoms with Crippen molar-refractivity contribution in [2.75, 3.05) is 12.4 Å². The summed E-state index contributed by atoms with van der Waals surface area (Å²) in [7, 11) is 1.52. The van der Waals surface area contributed by atoms with Crippen molar-refractivity contribution in [3.8, 4) is 5.75 Å². The number of hydrogen-bond donors (Lipinski definition) is 2. The second kappa shape index (κ2) is 10.5. The molecule has 2 aromatic rings. The molecule has 0 radical (unpaired) electrons. The Morgan fingerprint density at radius 3 is 2.43 bits per heavy atom. The Morgan fingerprint density at radius 2 is 1.75 bits per heavy atom. The quantitative estimate of drug-likeness (QED) is 0.337. The normalized spacial score (nSPS) is 30.2. The molecule has 4 aliphatic carbocycles. The van der Waals surface area contributed by atoms with Gasteiger partial charge in [0.05, 0.1) is 7.11 Å². The Balaban J connectivity index is 1.40. The molecular formula is C34H34F5NO4. The number of benzene rings is 2. The summed E-state index contributed by atoms with van der Waals surface area (Å²) in [6, 6.07) is 13.5. The molecule has 6 rings (SSSR count). The summed E-state index contributed by atoms with van der Waals surface area (Å²) >= 11 is 0. The van der Waals surface area contributed by atoms with E-state index in [9.17, 15) is 27.9 Å². The highest BCUT2D eigenvalue weighted by Gasteiger charge is 2.79. The Labute approximate surface area is 252 Å². The molecule has 4 aliphatic rings. The van der Waals surface area contributed by atoms with Crippen LogP contribution in [0.15, 0.2) is 71.3 Å². The van der Waals surface area contributed by atoms with Crippen LogP contribution in [0.2, 0.25) is 0 Å². The van der Waals surface area contributed by atoms with E-state index < -0.39 is 41.4 Å². The summed E-state index contributed by atoms with van der Waals surface area (Å²) in [5.41, 5.74) is -0.608. The van der Waals surface area contributed by atoms with Gasteiger partial charge < -0.3 is 15.2 Å². The van der Waals surface area contributed by atoms with Crippen molar-refractivity contribution >= 4 is 17.4 Å². The molecule has 2 N–H and O–H groups in total. The fraction of sp³-hybridized carbons (Fsp3) is 0.471. The summed E-state index contributed by atoms with van der Waals surface area (Å²) in [6.45, 7) is 1.39. The maximum Gasteiger partial charge on any atom is 0.456 e. The van der Waals surface area contributed by atoms with Gasteiger partial charge in [-0.2, -0.15) is 22.0 Å². The summed E-state index contributed by atoms with van der Waals surface area (Å²) in [5, 5.41) is 14.2. The van der Waals surface area contributed by atoms with E-state index in [1.165, 1.54) is 14.0 Å². The van der Waals surface area contributed by atoms with E-state index in [2.05, 4.69) is 5.32 Å². The lowest BCUT2D eigenvalue weighted by molar-refractivity contribution is -0.362. The zero-order chi connectivity index (χ0) is 31.7. The third-order valence-corrected chi connectivity index (χ3v) is 10.7. The van der Waals surface area contributed by atoms with E-state index in [-0.39, 0.29) is 30.4 Å². The van der Waals surface area contributed by atoms with E-state index in [1.807, 2.05) is 0 Å². The van der Waals surface area contributed by atoms with E-state index in [4.69, 9.17) is 4.74 Å². The number of aliphatic hydroxyl groups is 1. The number of amides is 1. The van der Waals surface area contributed by atoms with Crippen LogP contribution in [0, 0.1) is 17.3 Å². The lowest BCUT2D eigenvalue weighted by Gasteiger charge is -2.56. The Hall–Kier alpha value is -3.53. The van der Waals surface area contributed by atoms with Gasteiger partial charge in [0, 0.05) is 35.1 Å². The van der Waals surface area contributed by atoms with E-state index >= 15 is 8.78 Å². The first-order valence-electron chi connectivity index (χ1n) is 14.9. The van der Waals surface area contributed by atoms with Crippen molar-refractivity contribution in [3.05, 3.63) is 82.5 Å². The lowest BCUT2D eigenvalue weighted by Crippen LogP contribution is -2.65. The maximum absolute atomic E-state index is 15.2. The molecule has 0 spiro atoms. The van der Waals surface area contributed by atoms with Crippen LogP contribution in [0.1, 0.15) is 73.7 Å². The number of nitrogens with one attached hydrogen (secondary N) is 1. The van der Waals surface area contributed by atoms with Gasteiger partial charge in [-0.3, -0.25) is 9.59 Å². The molecular weight excluding hydrogens is 581 g/mol. The van der Waals surface area contributed by atoms with Crippen LogP contribution in [-0.4, -0.2) is 41.6 Å². The van der Waals surface area contributed by atoms with Gasteiger partial charge in [-0.25, -0.2) is 0 Å². The zero-order valence-electron chi connectivity index (χ0n) is 24.4. The molecule has 234 valence electrons. The van der Waals surface area contributed by atoms with Crippen LogP contribution >= 0.6 is 0 Å². The van der Waals surface area contributed by atoms with Crippen LogP contribution in [-0.2, 0) is 4.79 Å². The minimum absolute atomic E-state index is 0.0199. The Bertz CT molecular complexity index is 1560. The number of methoxy groups -OCH3 is 1. The highest BCUT2D eigenvalue weighted by Crippen LogP contribution is 2.70. The molecule has 2 aromatic carbocycles. The topological polar surface area (TPSA) is 75.6 Å². The van der Waals surface area contributed by atoms with Crippen molar-refractivity contribution in [1.82, 2.24) is 0 Å². The van der Waals surface area contributed by atoms with Crippen molar-refractivity contribution in [2.45, 2.75) is 75.5 Å². The van der Waals surface area contributed by atoms with Crippen LogP contribution in [0.3, 0.4) is 0 Å². The molecule has 10 heteroatoms. The lowest BCUT2D eigenvalue weighted by atomic mass is 9.50. The molecule has 2 fully saturated rings. The number of ketones is 1. The predicted octanol–water partition coefficient (Wildman–Crippen LogP) is 7.78. The number of carbonyl (C=O) groups excluding carboxylic acids is 2. The highest BCUT2D eigenvalue weighted by atomic mass is 19.4. The van der Waals surface area contributed by atoms with Crippen LogP contribution in [0.5, 0.6) is 5.75 Å². The zero-order valence-corrected chi connectivity index (χ0v) is 24.4. The largest absolute Gasteiger partial charge is 0.497 e. The fourth-order valence-electron chi connectivity index (χ4n) is 8.49. The van der Waals surface area contributed by atoms with Gasteiger partial charge in [0.25, 0.3) is 5.91 Å². The van der Waals surface area contributed by atoms with Crippen molar-refractivity contribution in [3.63, 3.8) is 0 Å². The molecule has 1 amide bonds. The summed E-state index contributed by atoms with van der Waals surface area (Å²) in [6.07, 6.45) is -3.16. The average Bonchev–Trinajstić information content (AvgIpc) is 3.27. The van der Waals surface area contributed by atoms with Gasteiger partial charge in [0.15, 0.2) is 5.78 Å². The second-order valence-electron chi connectivity index (χ2n) is 12.8. The summed E-state index contributed by atoms with van der Waals surface area (Å²) in [4.78, 5) is 25.3. The number of halogens is 5. The molecule has 2 unspecified atom stereocenters. The number of rotatable bonds is 5. The van der Waals surface area contributed by atoms with Crippen LogP contribution < -0.4 is 10.1 Å². The van der Waals surface area contributed by atoms with Crippen molar-refractivity contribution in [1.29, 1.82) is 0 Å². The number of carbonyl (C=O) groups is 2. The molecule has 2 saturated carbocycles. The number of fused-ring (bicyclic) bond motifs is 4. The molecule has 0 aliphatic heterocycles. The monoisotopic (exact) mass is 615 g/mol. The van der Waals surface area contributed by atoms with Gasteiger partial charge in [0.2, 0.25) is 0 Å². The fourth-order valence-corrected chi connectivity index (χ4v) is 8.49. The van der Waals surface area contributed by atoms with Gasteiger partial charge in [0.1, 0.15) is 11.4 Å². The average molecular weight is 616 g/mol. The van der Waals surface area contributed by atoms with Gasteiger partial charge >= 0.3 is 12.1 Å². The number of hydrogen-bond acceptors (Lipinski definition) is 4. The number of allylic oxidation sites excluding steroid dienone is 4. The van der Waals surface area contributed by atoms with Gasteiger partial charge in [-0.05, 0) is 97.4 Å². The molecule has 5 atom stereocenters. The van der Waals surface area contributed by atoms with Crippen molar-refractivity contribution in [2.24, 2.45) is 17.3 Å². The first-order chi connectivity index (χ1) is 20.7. The van der Waals surface area contributed by atoms with Crippen LogP contribution in [0.4, 0.5) is 27.6 Å². The number of alkyl halides is 5. The summed E-state index contributed by atoms with van der Waals surface area (Å²) in [5.74, 6) is -6.55. The number of ether oxygens (including phenoxy) is 1. The van der Waals surface area contributed by atoms with Gasteiger partial charge in [-0.15, -0.1) is 0 Å². The standard InChI is InChI=1S/C34H34F5NO4/c1-31-18-27(19-6-8-20(9-7-19)30(42)40-22-4-3-5-24(17-22)44-2)29-25-13-11-23(41)16-21(25)10-12-26(29)28(31)14-15-32(31,43)33(35,36)34(37,38)39/h3-9,16-17,26-28,43H,10-15,18H2,1-2H3,(H,40,42)/t26?,27-,28+,31?,32+/m1/s1. The molecule has 44 heavy (non-hydrogen) atoms. The van der Waals surface area contributed by atoms with E-state index in [0.717, 1.165) is 16.7 Å². The van der Waals surface area contributed by atoms with Gasteiger partial charge in [-0.1, -0.05) is 30.7 Å².